The number of hydrogen-bond donors (Lipinski definition) is 2. The fourth-order valence-corrected chi connectivity index (χ4v) is 3.29. The van der Waals surface area contributed by atoms with Crippen molar-refractivity contribution in [1.29, 1.82) is 0 Å². The fraction of sp³-hybridized carbons (Fsp3) is 1.00. The van der Waals surface area contributed by atoms with Crippen LogP contribution in [0, 0.1) is 0 Å². The van der Waals surface area contributed by atoms with Crippen LogP contribution in [0.25, 0.3) is 0 Å². The minimum atomic E-state index is -0.0775. The summed E-state index contributed by atoms with van der Waals surface area (Å²) in [6.07, 6.45) is 8.26. The standard InChI is InChI=1S/C10H23O2P/c1-2-3-4-5-8-13(9-6-11)10-7-12/h11-12H,2-10H2,1H3. The van der Waals surface area contributed by atoms with E-state index in [1.54, 1.807) is 0 Å². The van der Waals surface area contributed by atoms with Gasteiger partial charge in [0.15, 0.2) is 0 Å². The Bertz CT molecular complexity index is 92.9. The molecule has 2 N–H and O–H groups in total. The van der Waals surface area contributed by atoms with Crippen LogP contribution in [0.3, 0.4) is 0 Å². The summed E-state index contributed by atoms with van der Waals surface area (Å²) in [6, 6.07) is 0. The SMILES string of the molecule is CCCCCCP(CCO)CCO. The maximum absolute atomic E-state index is 8.80. The molecule has 0 atom stereocenters. The average Bonchev–Trinajstić information content (AvgIpc) is 2.13. The summed E-state index contributed by atoms with van der Waals surface area (Å²) < 4.78 is 0. The molecule has 0 fully saturated rings. The predicted octanol–water partition coefficient (Wildman–Crippen LogP) is 2.03. The minimum Gasteiger partial charge on any atom is -0.396 e. The van der Waals surface area contributed by atoms with Gasteiger partial charge in [-0.3, -0.25) is 0 Å². The third-order valence-electron chi connectivity index (χ3n) is 2.16. The quantitative estimate of drug-likeness (QED) is 0.447. The third-order valence-corrected chi connectivity index (χ3v) is 4.77. The van der Waals surface area contributed by atoms with Gasteiger partial charge >= 0.3 is 0 Å². The van der Waals surface area contributed by atoms with E-state index in [4.69, 9.17) is 10.2 Å². The Labute approximate surface area is 83.1 Å². The van der Waals surface area contributed by atoms with Crippen LogP contribution >= 0.6 is 7.92 Å². The van der Waals surface area contributed by atoms with Gasteiger partial charge in [-0.2, -0.15) is 0 Å². The highest BCUT2D eigenvalue weighted by atomic mass is 31.1. The molecule has 0 aromatic rings. The minimum absolute atomic E-state index is 0.0775. The van der Waals surface area contributed by atoms with E-state index in [0.717, 1.165) is 12.3 Å². The number of aliphatic hydroxyl groups is 2. The molecule has 0 aliphatic carbocycles. The number of unbranched alkanes of at least 4 members (excludes halogenated alkanes) is 3. The van der Waals surface area contributed by atoms with Crippen LogP contribution in [-0.2, 0) is 0 Å². The molecule has 2 nitrogen and oxygen atoms in total. The van der Waals surface area contributed by atoms with Gasteiger partial charge < -0.3 is 10.2 Å². The van der Waals surface area contributed by atoms with Crippen LogP contribution in [0.1, 0.15) is 32.6 Å². The van der Waals surface area contributed by atoms with Crippen LogP contribution < -0.4 is 0 Å². The molecule has 0 aromatic heterocycles. The lowest BCUT2D eigenvalue weighted by Crippen LogP contribution is -2.01. The molecular formula is C10H23O2P. The first-order chi connectivity index (χ1) is 6.35. The van der Waals surface area contributed by atoms with Gasteiger partial charge in [0, 0.05) is 13.2 Å². The van der Waals surface area contributed by atoms with E-state index in [1.165, 1.54) is 31.8 Å². The smallest absolute Gasteiger partial charge is 0.0470 e. The molecule has 80 valence electrons. The molecule has 0 aliphatic heterocycles. The van der Waals surface area contributed by atoms with Crippen molar-refractivity contribution in [2.45, 2.75) is 32.6 Å². The summed E-state index contributed by atoms with van der Waals surface area (Å²) in [5.74, 6) is 0. The summed E-state index contributed by atoms with van der Waals surface area (Å²) >= 11 is 0. The number of aliphatic hydroxyl groups excluding tert-OH is 2. The van der Waals surface area contributed by atoms with Crippen molar-refractivity contribution in [2.24, 2.45) is 0 Å². The fourth-order valence-electron chi connectivity index (χ4n) is 1.38. The van der Waals surface area contributed by atoms with E-state index < -0.39 is 0 Å². The van der Waals surface area contributed by atoms with Crippen molar-refractivity contribution in [3.05, 3.63) is 0 Å². The van der Waals surface area contributed by atoms with E-state index in [9.17, 15) is 0 Å². The molecule has 0 saturated heterocycles. The topological polar surface area (TPSA) is 40.5 Å². The van der Waals surface area contributed by atoms with Crippen LogP contribution in [0.4, 0.5) is 0 Å². The molecule has 0 amide bonds. The highest BCUT2D eigenvalue weighted by Crippen LogP contribution is 2.35. The zero-order valence-corrected chi connectivity index (χ0v) is 9.60. The van der Waals surface area contributed by atoms with Crippen molar-refractivity contribution >= 4 is 7.92 Å². The van der Waals surface area contributed by atoms with Crippen molar-refractivity contribution < 1.29 is 10.2 Å². The molecule has 0 radical (unpaired) electrons. The van der Waals surface area contributed by atoms with Crippen molar-refractivity contribution in [3.63, 3.8) is 0 Å². The molecule has 0 rings (SSSR count). The maximum Gasteiger partial charge on any atom is 0.0470 e. The predicted molar refractivity (Wildman–Crippen MR) is 59.8 cm³/mol. The lowest BCUT2D eigenvalue weighted by Gasteiger charge is -2.14. The van der Waals surface area contributed by atoms with Crippen LogP contribution in [0.15, 0.2) is 0 Å². The third kappa shape index (κ3) is 8.67. The number of rotatable bonds is 9. The molecule has 0 aromatic carbocycles. The van der Waals surface area contributed by atoms with Gasteiger partial charge in [-0.15, -0.1) is 7.92 Å². The normalized spacial score (nSPS) is 11.1. The highest BCUT2D eigenvalue weighted by molar-refractivity contribution is 7.57. The molecule has 0 saturated carbocycles. The zero-order chi connectivity index (χ0) is 9.94. The zero-order valence-electron chi connectivity index (χ0n) is 8.71. The van der Waals surface area contributed by atoms with Crippen molar-refractivity contribution in [3.8, 4) is 0 Å². The van der Waals surface area contributed by atoms with Crippen LogP contribution in [0.2, 0.25) is 0 Å². The summed E-state index contributed by atoms with van der Waals surface area (Å²) in [5.41, 5.74) is 0. The Hall–Kier alpha value is 0.350. The Balaban J connectivity index is 3.33. The lowest BCUT2D eigenvalue weighted by molar-refractivity contribution is 0.315. The molecule has 0 heterocycles. The van der Waals surface area contributed by atoms with E-state index in [1.807, 2.05) is 0 Å². The van der Waals surface area contributed by atoms with Crippen LogP contribution in [-0.4, -0.2) is 41.9 Å². The van der Waals surface area contributed by atoms with Gasteiger partial charge in [0.1, 0.15) is 0 Å². The molecular weight excluding hydrogens is 183 g/mol. The second-order valence-electron chi connectivity index (χ2n) is 3.35. The molecule has 13 heavy (non-hydrogen) atoms. The molecule has 0 spiro atoms. The van der Waals surface area contributed by atoms with Crippen LogP contribution in [0.5, 0.6) is 0 Å². The van der Waals surface area contributed by atoms with Gasteiger partial charge in [-0.05, 0) is 24.9 Å². The average molecular weight is 206 g/mol. The maximum atomic E-state index is 8.80. The van der Waals surface area contributed by atoms with Gasteiger partial charge in [-0.1, -0.05) is 26.2 Å². The second-order valence-corrected chi connectivity index (χ2v) is 6.03. The monoisotopic (exact) mass is 206 g/mol. The summed E-state index contributed by atoms with van der Waals surface area (Å²) in [5, 5.41) is 17.6. The van der Waals surface area contributed by atoms with Crippen molar-refractivity contribution in [2.75, 3.05) is 31.7 Å². The second kappa shape index (κ2) is 10.4. The Morgan fingerprint density at radius 3 is 1.92 bits per heavy atom. The first-order valence-electron chi connectivity index (χ1n) is 5.29. The van der Waals surface area contributed by atoms with E-state index in [2.05, 4.69) is 6.92 Å². The van der Waals surface area contributed by atoms with E-state index >= 15 is 0 Å². The Morgan fingerprint density at radius 1 is 0.846 bits per heavy atom. The van der Waals surface area contributed by atoms with Crippen molar-refractivity contribution in [1.82, 2.24) is 0 Å². The van der Waals surface area contributed by atoms with E-state index in [0.29, 0.717) is 13.2 Å². The van der Waals surface area contributed by atoms with Gasteiger partial charge in [0.2, 0.25) is 0 Å². The highest BCUT2D eigenvalue weighted by Gasteiger charge is 2.05. The molecule has 0 aliphatic rings. The molecule has 0 bridgehead atoms. The first-order valence-corrected chi connectivity index (χ1v) is 7.19. The largest absolute Gasteiger partial charge is 0.396 e. The Kier molecular flexibility index (Phi) is 10.7. The number of hydrogen-bond acceptors (Lipinski definition) is 2. The van der Waals surface area contributed by atoms with Gasteiger partial charge in [-0.25, -0.2) is 0 Å². The van der Waals surface area contributed by atoms with Gasteiger partial charge in [0.05, 0.1) is 0 Å². The summed E-state index contributed by atoms with van der Waals surface area (Å²) in [4.78, 5) is 0. The Morgan fingerprint density at radius 2 is 1.46 bits per heavy atom. The molecule has 0 unspecified atom stereocenters. The summed E-state index contributed by atoms with van der Waals surface area (Å²) in [6.45, 7) is 2.79. The van der Waals surface area contributed by atoms with Gasteiger partial charge in [0.25, 0.3) is 0 Å². The summed E-state index contributed by atoms with van der Waals surface area (Å²) in [7, 11) is -0.0775. The first kappa shape index (κ1) is 13.4. The molecule has 3 heteroatoms. The lowest BCUT2D eigenvalue weighted by atomic mass is 10.2. The van der Waals surface area contributed by atoms with E-state index in [-0.39, 0.29) is 7.92 Å².